The molecule has 0 saturated carbocycles. The molecule has 2 heterocycles. The van der Waals surface area contributed by atoms with E-state index in [-0.39, 0.29) is 0 Å². The second kappa shape index (κ2) is 6.16. The van der Waals surface area contributed by atoms with Crippen LogP contribution in [0.2, 0.25) is 0 Å². The molecule has 0 atom stereocenters. The third-order valence-electron chi connectivity index (χ3n) is 2.85. The van der Waals surface area contributed by atoms with E-state index in [2.05, 4.69) is 11.9 Å². The first-order valence-corrected chi connectivity index (χ1v) is 7.25. The first kappa shape index (κ1) is 15.4. The van der Waals surface area contributed by atoms with Crippen molar-refractivity contribution in [1.82, 2.24) is 9.55 Å². The summed E-state index contributed by atoms with van der Waals surface area (Å²) < 4.78 is 12.4. The largest absolute Gasteiger partial charge is 0.478 e. The predicted molar refractivity (Wildman–Crippen MR) is 81.8 cm³/mol. The highest BCUT2D eigenvalue weighted by Crippen LogP contribution is 2.19. The molecule has 0 aliphatic heterocycles. The zero-order chi connectivity index (χ0) is 15.5. The summed E-state index contributed by atoms with van der Waals surface area (Å²) in [4.78, 5) is 16.6. The third-order valence-corrected chi connectivity index (χ3v) is 2.85. The molecule has 2 aromatic rings. The highest BCUT2D eigenvalue weighted by atomic mass is 16.6. The molecule has 0 saturated heterocycles. The summed E-state index contributed by atoms with van der Waals surface area (Å²) in [5.41, 5.74) is 0.0152. The van der Waals surface area contributed by atoms with Crippen LogP contribution in [-0.4, -0.2) is 27.9 Å². The number of aromatic nitrogens is 2. The monoisotopic (exact) mass is 290 g/mol. The maximum atomic E-state index is 12.2. The molecule has 0 amide bonds. The quantitative estimate of drug-likeness (QED) is 0.799. The van der Waals surface area contributed by atoms with Gasteiger partial charge >= 0.3 is 6.09 Å². The van der Waals surface area contributed by atoms with Crippen molar-refractivity contribution in [3.8, 4) is 5.88 Å². The van der Waals surface area contributed by atoms with Crippen molar-refractivity contribution < 1.29 is 14.3 Å². The lowest BCUT2D eigenvalue weighted by Gasteiger charge is -2.19. The number of nitrogens with zero attached hydrogens (tertiary/aromatic N) is 2. The summed E-state index contributed by atoms with van der Waals surface area (Å²) in [6, 6.07) is 5.55. The van der Waals surface area contributed by atoms with Gasteiger partial charge in [0, 0.05) is 17.6 Å². The van der Waals surface area contributed by atoms with Gasteiger partial charge in [-0.05, 0) is 39.3 Å². The van der Waals surface area contributed by atoms with E-state index in [1.165, 1.54) is 4.57 Å². The molecule has 0 aliphatic rings. The molecule has 0 fully saturated rings. The van der Waals surface area contributed by atoms with Gasteiger partial charge in [0.2, 0.25) is 5.88 Å². The molecule has 2 aromatic heterocycles. The first-order chi connectivity index (χ1) is 9.90. The molecule has 0 radical (unpaired) electrons. The van der Waals surface area contributed by atoms with Crippen LogP contribution >= 0.6 is 0 Å². The molecule has 114 valence electrons. The molecule has 2 rings (SSSR count). The average Bonchev–Trinajstić information content (AvgIpc) is 2.80. The number of pyridine rings is 1. The molecular formula is C16H22N2O3. The minimum atomic E-state index is -0.539. The molecule has 5 nitrogen and oxygen atoms in total. The van der Waals surface area contributed by atoms with E-state index >= 15 is 0 Å². The van der Waals surface area contributed by atoms with E-state index in [9.17, 15) is 4.79 Å². The Hall–Kier alpha value is -2.04. The van der Waals surface area contributed by atoms with Gasteiger partial charge in [0.25, 0.3) is 0 Å². The van der Waals surface area contributed by atoms with E-state index in [4.69, 9.17) is 9.47 Å². The van der Waals surface area contributed by atoms with Gasteiger partial charge in [0.05, 0.1) is 6.61 Å². The summed E-state index contributed by atoms with van der Waals surface area (Å²) in [6.07, 6.45) is 3.28. The summed E-state index contributed by atoms with van der Waals surface area (Å²) in [5, 5.41) is 0.878. The van der Waals surface area contributed by atoms with Crippen LogP contribution in [0, 0.1) is 0 Å². The van der Waals surface area contributed by atoms with Gasteiger partial charge < -0.3 is 9.47 Å². The van der Waals surface area contributed by atoms with E-state index in [0.717, 1.165) is 18.2 Å². The molecule has 5 heteroatoms. The second-order valence-electron chi connectivity index (χ2n) is 5.93. The zero-order valence-electron chi connectivity index (χ0n) is 13.0. The minimum absolute atomic E-state index is 0.435. The molecule has 0 spiro atoms. The molecule has 0 bridgehead atoms. The van der Waals surface area contributed by atoms with Crippen LogP contribution < -0.4 is 4.74 Å². The lowest BCUT2D eigenvalue weighted by Crippen LogP contribution is -2.26. The fourth-order valence-corrected chi connectivity index (χ4v) is 1.85. The van der Waals surface area contributed by atoms with Gasteiger partial charge in [-0.1, -0.05) is 13.3 Å². The van der Waals surface area contributed by atoms with Crippen LogP contribution in [0.4, 0.5) is 4.79 Å². The number of rotatable bonds is 4. The number of ether oxygens (including phenoxy) is 2. The average molecular weight is 290 g/mol. The van der Waals surface area contributed by atoms with Gasteiger partial charge in [0.15, 0.2) is 5.65 Å². The van der Waals surface area contributed by atoms with E-state index in [1.807, 2.05) is 39.0 Å². The normalized spacial score (nSPS) is 11.6. The van der Waals surface area contributed by atoms with Crippen molar-refractivity contribution >= 4 is 17.1 Å². The number of carbonyl (C=O) groups is 1. The Balaban J connectivity index is 2.24. The van der Waals surface area contributed by atoms with Crippen molar-refractivity contribution in [3.05, 3.63) is 24.4 Å². The smallest absolute Gasteiger partial charge is 0.420 e. The Morgan fingerprint density at radius 3 is 2.71 bits per heavy atom. The molecule has 0 aromatic carbocycles. The molecule has 0 aliphatic carbocycles. The van der Waals surface area contributed by atoms with Gasteiger partial charge in [0.1, 0.15) is 5.60 Å². The van der Waals surface area contributed by atoms with Gasteiger partial charge in [-0.15, -0.1) is 0 Å². The SMILES string of the molecule is CCCCOc1ccc2ccn(C(=O)OC(C)(C)C)c2n1. The maximum absolute atomic E-state index is 12.2. The van der Waals surface area contributed by atoms with Crippen LogP contribution in [-0.2, 0) is 4.74 Å². The van der Waals surface area contributed by atoms with E-state index in [0.29, 0.717) is 18.1 Å². The number of hydrogen-bond acceptors (Lipinski definition) is 4. The molecule has 0 N–H and O–H groups in total. The highest BCUT2D eigenvalue weighted by molar-refractivity contribution is 5.87. The number of carbonyl (C=O) groups excluding carboxylic acids is 1. The first-order valence-electron chi connectivity index (χ1n) is 7.25. The van der Waals surface area contributed by atoms with Crippen molar-refractivity contribution in [3.63, 3.8) is 0 Å². The third kappa shape index (κ3) is 3.97. The van der Waals surface area contributed by atoms with Crippen molar-refractivity contribution in [2.75, 3.05) is 6.61 Å². The van der Waals surface area contributed by atoms with Crippen molar-refractivity contribution in [2.45, 2.75) is 46.1 Å². The Bertz CT molecular complexity index is 626. The summed E-state index contributed by atoms with van der Waals surface area (Å²) in [7, 11) is 0. The van der Waals surface area contributed by atoms with E-state index in [1.54, 1.807) is 6.20 Å². The van der Waals surface area contributed by atoms with Crippen LogP contribution in [0.1, 0.15) is 40.5 Å². The lowest BCUT2D eigenvalue weighted by atomic mass is 10.2. The molecular weight excluding hydrogens is 268 g/mol. The Labute approximate surface area is 124 Å². The number of hydrogen-bond donors (Lipinski definition) is 0. The molecule has 21 heavy (non-hydrogen) atoms. The fourth-order valence-electron chi connectivity index (χ4n) is 1.85. The Kier molecular flexibility index (Phi) is 4.50. The standard InChI is InChI=1S/C16H22N2O3/c1-5-6-11-20-13-8-7-12-9-10-18(14(12)17-13)15(19)21-16(2,3)4/h7-10H,5-6,11H2,1-4H3. The van der Waals surface area contributed by atoms with Crippen LogP contribution in [0.15, 0.2) is 24.4 Å². The van der Waals surface area contributed by atoms with Gasteiger partial charge in [-0.3, -0.25) is 0 Å². The molecule has 0 unspecified atom stereocenters. The lowest BCUT2D eigenvalue weighted by molar-refractivity contribution is 0.0543. The van der Waals surface area contributed by atoms with Crippen LogP contribution in [0.3, 0.4) is 0 Å². The minimum Gasteiger partial charge on any atom is -0.478 e. The maximum Gasteiger partial charge on any atom is 0.420 e. The van der Waals surface area contributed by atoms with Crippen LogP contribution in [0.25, 0.3) is 11.0 Å². The topological polar surface area (TPSA) is 53.4 Å². The van der Waals surface area contributed by atoms with E-state index < -0.39 is 11.7 Å². The zero-order valence-corrected chi connectivity index (χ0v) is 13.0. The predicted octanol–water partition coefficient (Wildman–Crippen LogP) is 4.00. The number of unbranched alkanes of at least 4 members (excludes halogenated alkanes) is 1. The summed E-state index contributed by atoms with van der Waals surface area (Å²) in [5.74, 6) is 0.527. The van der Waals surface area contributed by atoms with Crippen molar-refractivity contribution in [2.24, 2.45) is 0 Å². The summed E-state index contributed by atoms with van der Waals surface area (Å²) in [6.45, 7) is 8.24. The van der Waals surface area contributed by atoms with Crippen LogP contribution in [0.5, 0.6) is 5.88 Å². The highest BCUT2D eigenvalue weighted by Gasteiger charge is 2.19. The second-order valence-corrected chi connectivity index (χ2v) is 5.93. The van der Waals surface area contributed by atoms with Gasteiger partial charge in [-0.2, -0.15) is 4.98 Å². The van der Waals surface area contributed by atoms with Gasteiger partial charge in [-0.25, -0.2) is 9.36 Å². The summed E-state index contributed by atoms with van der Waals surface area (Å²) >= 11 is 0. The van der Waals surface area contributed by atoms with Crippen molar-refractivity contribution in [1.29, 1.82) is 0 Å². The fraction of sp³-hybridized carbons (Fsp3) is 0.500. The number of fused-ring (bicyclic) bond motifs is 1. The Morgan fingerprint density at radius 2 is 2.05 bits per heavy atom. The Morgan fingerprint density at radius 1 is 1.29 bits per heavy atom.